The van der Waals surface area contributed by atoms with E-state index in [-0.39, 0.29) is 0 Å². The highest BCUT2D eigenvalue weighted by atomic mass is 16.5. The lowest BCUT2D eigenvalue weighted by atomic mass is 9.62. The van der Waals surface area contributed by atoms with Gasteiger partial charge in [0.2, 0.25) is 0 Å². The smallest absolute Gasteiger partial charge is 0.119 e. The molecule has 1 unspecified atom stereocenters. The summed E-state index contributed by atoms with van der Waals surface area (Å²) in [5, 5.41) is 10.8. The fraction of sp³-hybridized carbons (Fsp3) is 0.500. The number of aliphatic hydroxyl groups is 1. The highest BCUT2D eigenvalue weighted by Gasteiger charge is 2.45. The largest absolute Gasteiger partial charge is 0.490 e. The monoisotopic (exact) mass is 350 g/mol. The van der Waals surface area contributed by atoms with Gasteiger partial charge in [-0.15, -0.1) is 0 Å². The molecule has 1 atom stereocenters. The molecule has 2 fully saturated rings. The van der Waals surface area contributed by atoms with E-state index in [0.29, 0.717) is 17.9 Å². The molecule has 2 nitrogen and oxygen atoms in total. The molecular weight excluding hydrogens is 320 g/mol. The number of benzene rings is 2. The zero-order chi connectivity index (χ0) is 18.1. The van der Waals surface area contributed by atoms with Gasteiger partial charge in [-0.1, -0.05) is 56.3 Å². The Morgan fingerprint density at radius 1 is 1.08 bits per heavy atom. The summed E-state index contributed by atoms with van der Waals surface area (Å²) in [6.45, 7) is 4.60. The lowest BCUT2D eigenvalue weighted by molar-refractivity contribution is -0.0954. The molecule has 26 heavy (non-hydrogen) atoms. The third kappa shape index (κ3) is 3.66. The first kappa shape index (κ1) is 17.6. The number of rotatable bonds is 6. The Morgan fingerprint density at radius 3 is 2.50 bits per heavy atom. The Hall–Kier alpha value is -1.80. The summed E-state index contributed by atoms with van der Waals surface area (Å²) in [6.07, 6.45) is 5.56. The van der Waals surface area contributed by atoms with Gasteiger partial charge in [0.25, 0.3) is 0 Å². The van der Waals surface area contributed by atoms with Crippen molar-refractivity contribution in [1.29, 1.82) is 0 Å². The van der Waals surface area contributed by atoms with E-state index in [1.807, 2.05) is 30.3 Å². The highest BCUT2D eigenvalue weighted by molar-refractivity contribution is 5.30. The Labute approximate surface area is 157 Å². The van der Waals surface area contributed by atoms with Gasteiger partial charge in [-0.2, -0.15) is 0 Å². The van der Waals surface area contributed by atoms with Crippen LogP contribution in [0.4, 0.5) is 0 Å². The van der Waals surface area contributed by atoms with Crippen LogP contribution in [0.1, 0.15) is 50.7 Å². The molecule has 0 bridgehead atoms. The van der Waals surface area contributed by atoms with Crippen LogP contribution >= 0.6 is 0 Å². The van der Waals surface area contributed by atoms with E-state index in [9.17, 15) is 5.11 Å². The molecule has 0 spiro atoms. The molecule has 2 heteroatoms. The Kier molecular flexibility index (Phi) is 4.79. The van der Waals surface area contributed by atoms with Gasteiger partial charge in [-0.05, 0) is 73.1 Å². The van der Waals surface area contributed by atoms with Crippen molar-refractivity contribution in [1.82, 2.24) is 0 Å². The molecular formula is C24H30O2. The van der Waals surface area contributed by atoms with Crippen LogP contribution in [-0.4, -0.2) is 11.2 Å². The molecule has 2 aromatic rings. The van der Waals surface area contributed by atoms with Gasteiger partial charge >= 0.3 is 0 Å². The van der Waals surface area contributed by atoms with Crippen LogP contribution < -0.4 is 4.74 Å². The van der Waals surface area contributed by atoms with Crippen LogP contribution in [0.2, 0.25) is 0 Å². The van der Waals surface area contributed by atoms with Gasteiger partial charge in [0.1, 0.15) is 5.75 Å². The summed E-state index contributed by atoms with van der Waals surface area (Å²) < 4.78 is 6.09. The number of hydrogen-bond acceptors (Lipinski definition) is 2. The van der Waals surface area contributed by atoms with Crippen molar-refractivity contribution < 1.29 is 9.84 Å². The lowest BCUT2D eigenvalue weighted by Crippen LogP contribution is -2.44. The molecule has 1 N–H and O–H groups in total. The van der Waals surface area contributed by atoms with E-state index in [4.69, 9.17) is 4.74 Å². The molecule has 4 rings (SSSR count). The second-order valence-electron chi connectivity index (χ2n) is 8.71. The van der Waals surface area contributed by atoms with Crippen LogP contribution in [-0.2, 0) is 12.0 Å². The molecule has 0 heterocycles. The van der Waals surface area contributed by atoms with Crippen molar-refractivity contribution in [3.8, 4) is 5.75 Å². The first-order valence-electron chi connectivity index (χ1n) is 10.1. The molecule has 0 amide bonds. The standard InChI is InChI=1S/C24H30O2/c1-17-11-23(12-17)26-22-10-6-7-19(14-22)13-18(2)20-15-24(25,16-20)21-8-4-3-5-9-21/h3-10,14,17-18,20,23,25H,11-13,15-16H2,1-2H3. The molecule has 2 saturated carbocycles. The van der Waals surface area contributed by atoms with Gasteiger partial charge < -0.3 is 9.84 Å². The van der Waals surface area contributed by atoms with E-state index in [1.165, 1.54) is 18.4 Å². The van der Waals surface area contributed by atoms with Gasteiger partial charge in [-0.25, -0.2) is 0 Å². The van der Waals surface area contributed by atoms with Gasteiger partial charge in [0.05, 0.1) is 11.7 Å². The molecule has 138 valence electrons. The fourth-order valence-corrected chi connectivity index (χ4v) is 4.60. The van der Waals surface area contributed by atoms with Crippen LogP contribution in [0.25, 0.3) is 0 Å². The molecule has 0 saturated heterocycles. The van der Waals surface area contributed by atoms with E-state index < -0.39 is 5.60 Å². The van der Waals surface area contributed by atoms with Gasteiger partial charge in [0, 0.05) is 0 Å². The van der Waals surface area contributed by atoms with E-state index in [2.05, 4.69) is 38.1 Å². The average Bonchev–Trinajstić information content (AvgIpc) is 2.58. The molecule has 0 radical (unpaired) electrons. The topological polar surface area (TPSA) is 29.5 Å². The third-order valence-electron chi connectivity index (χ3n) is 6.41. The van der Waals surface area contributed by atoms with E-state index >= 15 is 0 Å². The predicted molar refractivity (Wildman–Crippen MR) is 105 cm³/mol. The van der Waals surface area contributed by atoms with Crippen LogP contribution in [0.15, 0.2) is 54.6 Å². The molecule has 2 aliphatic carbocycles. The fourth-order valence-electron chi connectivity index (χ4n) is 4.60. The quantitative estimate of drug-likeness (QED) is 0.762. The van der Waals surface area contributed by atoms with Crippen molar-refractivity contribution in [2.24, 2.45) is 17.8 Å². The van der Waals surface area contributed by atoms with Crippen molar-refractivity contribution in [2.45, 2.75) is 57.7 Å². The van der Waals surface area contributed by atoms with Crippen molar-refractivity contribution in [3.05, 3.63) is 65.7 Å². The zero-order valence-corrected chi connectivity index (χ0v) is 15.9. The minimum atomic E-state index is -0.619. The Bertz CT molecular complexity index is 727. The number of hydrogen-bond donors (Lipinski definition) is 1. The minimum Gasteiger partial charge on any atom is -0.490 e. The summed E-state index contributed by atoms with van der Waals surface area (Å²) in [5.41, 5.74) is 1.79. The van der Waals surface area contributed by atoms with Crippen molar-refractivity contribution in [3.63, 3.8) is 0 Å². The van der Waals surface area contributed by atoms with Crippen LogP contribution in [0, 0.1) is 17.8 Å². The maximum Gasteiger partial charge on any atom is 0.119 e. The molecule has 2 aromatic carbocycles. The summed E-state index contributed by atoms with van der Waals surface area (Å²) in [7, 11) is 0. The molecule has 0 aromatic heterocycles. The highest BCUT2D eigenvalue weighted by Crippen LogP contribution is 2.49. The summed E-state index contributed by atoms with van der Waals surface area (Å²) >= 11 is 0. The van der Waals surface area contributed by atoms with E-state index in [0.717, 1.165) is 36.5 Å². The summed E-state index contributed by atoms with van der Waals surface area (Å²) in [4.78, 5) is 0. The second kappa shape index (κ2) is 7.08. The molecule has 0 aliphatic heterocycles. The summed E-state index contributed by atoms with van der Waals surface area (Å²) in [6, 6.07) is 18.7. The normalized spacial score (nSPS) is 31.6. The predicted octanol–water partition coefficient (Wildman–Crippen LogP) is 5.34. The first-order valence-corrected chi connectivity index (χ1v) is 10.1. The zero-order valence-electron chi connectivity index (χ0n) is 15.9. The average molecular weight is 351 g/mol. The molecule has 2 aliphatic rings. The maximum atomic E-state index is 10.8. The first-order chi connectivity index (χ1) is 12.5. The Morgan fingerprint density at radius 2 is 1.81 bits per heavy atom. The SMILES string of the molecule is CC1CC(Oc2cccc(CC(C)C3CC(O)(c4ccccc4)C3)c2)C1. The lowest BCUT2D eigenvalue weighted by Gasteiger charge is -2.47. The van der Waals surface area contributed by atoms with Crippen LogP contribution in [0.5, 0.6) is 5.75 Å². The maximum absolute atomic E-state index is 10.8. The van der Waals surface area contributed by atoms with E-state index in [1.54, 1.807) is 0 Å². The number of ether oxygens (including phenoxy) is 1. The summed E-state index contributed by atoms with van der Waals surface area (Å²) in [5.74, 6) is 2.97. The third-order valence-corrected chi connectivity index (χ3v) is 6.41. The van der Waals surface area contributed by atoms with Gasteiger partial charge in [-0.3, -0.25) is 0 Å². The van der Waals surface area contributed by atoms with Crippen LogP contribution in [0.3, 0.4) is 0 Å². The van der Waals surface area contributed by atoms with Crippen molar-refractivity contribution >= 4 is 0 Å². The second-order valence-corrected chi connectivity index (χ2v) is 8.71. The van der Waals surface area contributed by atoms with Crippen molar-refractivity contribution in [2.75, 3.05) is 0 Å². The van der Waals surface area contributed by atoms with Gasteiger partial charge in [0.15, 0.2) is 0 Å². The minimum absolute atomic E-state index is 0.408. The Balaban J connectivity index is 1.32.